The van der Waals surface area contributed by atoms with Gasteiger partial charge in [-0.3, -0.25) is 9.69 Å². The molecule has 0 bridgehead atoms. The Labute approximate surface area is 98.9 Å². The molecule has 2 rings (SSSR count). The third-order valence-corrected chi connectivity index (χ3v) is 3.71. The van der Waals surface area contributed by atoms with Crippen molar-refractivity contribution < 1.29 is 9.90 Å². The Morgan fingerprint density at radius 1 is 1.50 bits per heavy atom. The summed E-state index contributed by atoms with van der Waals surface area (Å²) in [6.45, 7) is 3.50. The second kappa shape index (κ2) is 5.43. The molecule has 1 fully saturated rings. The SMILES string of the molecule is O=C(O)C(c1cccs1)N1CCCNCC1. The topological polar surface area (TPSA) is 52.6 Å². The summed E-state index contributed by atoms with van der Waals surface area (Å²) in [4.78, 5) is 14.3. The monoisotopic (exact) mass is 240 g/mol. The van der Waals surface area contributed by atoms with E-state index in [0.717, 1.165) is 37.5 Å². The number of thiophene rings is 1. The molecule has 5 heteroatoms. The van der Waals surface area contributed by atoms with Gasteiger partial charge >= 0.3 is 5.97 Å². The Kier molecular flexibility index (Phi) is 3.93. The minimum absolute atomic E-state index is 0.472. The van der Waals surface area contributed by atoms with Crippen LogP contribution in [0.4, 0.5) is 0 Å². The van der Waals surface area contributed by atoms with Crippen LogP contribution in [0.25, 0.3) is 0 Å². The van der Waals surface area contributed by atoms with Crippen molar-refractivity contribution in [2.24, 2.45) is 0 Å². The molecule has 0 spiro atoms. The Hall–Kier alpha value is -0.910. The van der Waals surface area contributed by atoms with Crippen molar-refractivity contribution in [2.75, 3.05) is 26.2 Å². The first-order chi connectivity index (χ1) is 7.79. The third-order valence-electron chi connectivity index (χ3n) is 2.79. The smallest absolute Gasteiger partial charge is 0.326 e. The van der Waals surface area contributed by atoms with Crippen molar-refractivity contribution in [2.45, 2.75) is 12.5 Å². The van der Waals surface area contributed by atoms with E-state index in [0.29, 0.717) is 0 Å². The minimum Gasteiger partial charge on any atom is -0.480 e. The standard InChI is InChI=1S/C11H16N2O2S/c14-11(15)10(9-3-1-8-16-9)13-6-2-4-12-5-7-13/h1,3,8,10,12H,2,4-7H2,(H,14,15). The molecule has 1 aliphatic rings. The molecule has 0 radical (unpaired) electrons. The van der Waals surface area contributed by atoms with E-state index in [1.54, 1.807) is 0 Å². The highest BCUT2D eigenvalue weighted by Gasteiger charge is 2.28. The first kappa shape index (κ1) is 11.6. The maximum absolute atomic E-state index is 11.4. The molecular weight excluding hydrogens is 224 g/mol. The minimum atomic E-state index is -0.746. The van der Waals surface area contributed by atoms with Crippen LogP contribution in [-0.2, 0) is 4.79 Å². The van der Waals surface area contributed by atoms with Gasteiger partial charge in [-0.1, -0.05) is 6.07 Å². The number of aliphatic carboxylic acids is 1. The van der Waals surface area contributed by atoms with Crippen LogP contribution in [0.5, 0.6) is 0 Å². The van der Waals surface area contributed by atoms with Gasteiger partial charge < -0.3 is 10.4 Å². The summed E-state index contributed by atoms with van der Waals surface area (Å²) in [6.07, 6.45) is 1.01. The molecule has 0 amide bonds. The fourth-order valence-electron chi connectivity index (χ4n) is 2.03. The van der Waals surface area contributed by atoms with Crippen molar-refractivity contribution in [1.82, 2.24) is 10.2 Å². The lowest BCUT2D eigenvalue weighted by Gasteiger charge is -2.26. The van der Waals surface area contributed by atoms with E-state index in [-0.39, 0.29) is 0 Å². The van der Waals surface area contributed by atoms with Gasteiger partial charge in [0.05, 0.1) is 0 Å². The van der Waals surface area contributed by atoms with Gasteiger partial charge in [-0.25, -0.2) is 0 Å². The Bertz CT molecular complexity index is 332. The lowest BCUT2D eigenvalue weighted by atomic mass is 10.2. The number of nitrogens with zero attached hydrogens (tertiary/aromatic N) is 1. The lowest BCUT2D eigenvalue weighted by molar-refractivity contribution is -0.143. The fourth-order valence-corrected chi connectivity index (χ4v) is 2.88. The summed E-state index contributed by atoms with van der Waals surface area (Å²) < 4.78 is 0. The van der Waals surface area contributed by atoms with Crippen LogP contribution in [0.1, 0.15) is 17.3 Å². The van der Waals surface area contributed by atoms with Crippen LogP contribution in [0.2, 0.25) is 0 Å². The number of nitrogens with one attached hydrogen (secondary N) is 1. The molecule has 1 aromatic rings. The van der Waals surface area contributed by atoms with Gasteiger partial charge in [-0.2, -0.15) is 0 Å². The zero-order valence-electron chi connectivity index (χ0n) is 9.06. The normalized spacial score (nSPS) is 20.2. The average Bonchev–Trinajstić information content (AvgIpc) is 2.62. The number of rotatable bonds is 3. The van der Waals surface area contributed by atoms with Crippen molar-refractivity contribution in [3.8, 4) is 0 Å². The maximum atomic E-state index is 11.4. The molecule has 2 heterocycles. The highest BCUT2D eigenvalue weighted by Crippen LogP contribution is 2.25. The van der Waals surface area contributed by atoms with Gasteiger partial charge in [0.2, 0.25) is 0 Å². The number of carboxylic acid groups (broad SMARTS) is 1. The first-order valence-electron chi connectivity index (χ1n) is 5.50. The van der Waals surface area contributed by atoms with Crippen molar-refractivity contribution in [3.05, 3.63) is 22.4 Å². The molecule has 1 atom stereocenters. The predicted octanol–water partition coefficient (Wildman–Crippen LogP) is 1.17. The van der Waals surface area contributed by atoms with Gasteiger partial charge in [-0.15, -0.1) is 11.3 Å². The molecule has 0 aliphatic carbocycles. The molecule has 16 heavy (non-hydrogen) atoms. The molecule has 4 nitrogen and oxygen atoms in total. The van der Waals surface area contributed by atoms with E-state index in [1.165, 1.54) is 11.3 Å². The van der Waals surface area contributed by atoms with E-state index in [2.05, 4.69) is 5.32 Å². The van der Waals surface area contributed by atoms with E-state index < -0.39 is 12.0 Å². The molecule has 1 unspecified atom stereocenters. The molecular formula is C11H16N2O2S. The van der Waals surface area contributed by atoms with E-state index in [9.17, 15) is 9.90 Å². The highest BCUT2D eigenvalue weighted by atomic mass is 32.1. The van der Waals surface area contributed by atoms with Crippen LogP contribution in [-0.4, -0.2) is 42.2 Å². The quantitative estimate of drug-likeness (QED) is 0.832. The van der Waals surface area contributed by atoms with E-state index >= 15 is 0 Å². The van der Waals surface area contributed by atoms with Gasteiger partial charge in [-0.05, 0) is 24.4 Å². The maximum Gasteiger partial charge on any atom is 0.326 e. The average molecular weight is 240 g/mol. The third kappa shape index (κ3) is 2.61. The summed E-state index contributed by atoms with van der Waals surface area (Å²) in [7, 11) is 0. The van der Waals surface area contributed by atoms with Crippen LogP contribution in [0, 0.1) is 0 Å². The fraction of sp³-hybridized carbons (Fsp3) is 0.545. The van der Waals surface area contributed by atoms with Crippen LogP contribution >= 0.6 is 11.3 Å². The van der Waals surface area contributed by atoms with Crippen molar-refractivity contribution in [1.29, 1.82) is 0 Å². The summed E-state index contributed by atoms with van der Waals surface area (Å²) in [5, 5.41) is 14.6. The summed E-state index contributed by atoms with van der Waals surface area (Å²) >= 11 is 1.52. The molecule has 1 aromatic heterocycles. The number of hydrogen-bond donors (Lipinski definition) is 2. The summed E-state index contributed by atoms with van der Waals surface area (Å²) in [5.41, 5.74) is 0. The molecule has 0 aromatic carbocycles. The van der Waals surface area contributed by atoms with E-state index in [1.807, 2.05) is 22.4 Å². The van der Waals surface area contributed by atoms with Crippen LogP contribution in [0.15, 0.2) is 17.5 Å². The Morgan fingerprint density at radius 3 is 3.06 bits per heavy atom. The van der Waals surface area contributed by atoms with Crippen LogP contribution in [0.3, 0.4) is 0 Å². The van der Waals surface area contributed by atoms with Gasteiger partial charge in [0.25, 0.3) is 0 Å². The van der Waals surface area contributed by atoms with Gasteiger partial charge in [0, 0.05) is 24.5 Å². The largest absolute Gasteiger partial charge is 0.480 e. The Morgan fingerprint density at radius 2 is 2.38 bits per heavy atom. The summed E-state index contributed by atoms with van der Waals surface area (Å²) in [5.74, 6) is -0.746. The van der Waals surface area contributed by atoms with Gasteiger partial charge in [0.1, 0.15) is 6.04 Å². The van der Waals surface area contributed by atoms with Gasteiger partial charge in [0.15, 0.2) is 0 Å². The zero-order valence-corrected chi connectivity index (χ0v) is 9.87. The second-order valence-electron chi connectivity index (χ2n) is 3.90. The zero-order chi connectivity index (χ0) is 11.4. The molecule has 2 N–H and O–H groups in total. The highest BCUT2D eigenvalue weighted by molar-refractivity contribution is 7.10. The summed E-state index contributed by atoms with van der Waals surface area (Å²) in [6, 6.07) is 3.34. The second-order valence-corrected chi connectivity index (χ2v) is 4.87. The molecule has 1 aliphatic heterocycles. The predicted molar refractivity (Wildman–Crippen MR) is 63.8 cm³/mol. The van der Waals surface area contributed by atoms with Crippen molar-refractivity contribution >= 4 is 17.3 Å². The number of carbonyl (C=O) groups is 1. The first-order valence-corrected chi connectivity index (χ1v) is 6.38. The Balaban J connectivity index is 2.15. The molecule has 0 saturated carbocycles. The van der Waals surface area contributed by atoms with E-state index in [4.69, 9.17) is 0 Å². The van der Waals surface area contributed by atoms with Crippen LogP contribution < -0.4 is 5.32 Å². The van der Waals surface area contributed by atoms with Crippen molar-refractivity contribution in [3.63, 3.8) is 0 Å². The molecule has 1 saturated heterocycles. The number of hydrogen-bond acceptors (Lipinski definition) is 4. The number of carboxylic acids is 1. The lowest BCUT2D eigenvalue weighted by Crippen LogP contribution is -2.36. The molecule has 88 valence electrons.